The van der Waals surface area contributed by atoms with Crippen molar-refractivity contribution in [2.45, 2.75) is 40.2 Å². The highest BCUT2D eigenvalue weighted by molar-refractivity contribution is 6.43. The fraction of sp³-hybridized carbons (Fsp3) is 0.421. The second kappa shape index (κ2) is 8.07. The number of amides is 1. The molecule has 0 aliphatic carbocycles. The van der Waals surface area contributed by atoms with Gasteiger partial charge in [-0.3, -0.25) is 9.59 Å². The van der Waals surface area contributed by atoms with Crippen LogP contribution in [0.25, 0.3) is 5.69 Å². The average molecular weight is 343 g/mol. The minimum absolute atomic E-state index is 0.0553. The maximum Gasteiger partial charge on any atom is 0.292 e. The Morgan fingerprint density at radius 3 is 2.48 bits per heavy atom. The SMILES string of the molecule is CCC(C)C(O)CNC(=O)C(=O)c1c(C)nn(-c2ccccc2)c1C. The van der Waals surface area contributed by atoms with Gasteiger partial charge in [0.25, 0.3) is 11.7 Å². The molecular weight excluding hydrogens is 318 g/mol. The van der Waals surface area contributed by atoms with E-state index in [4.69, 9.17) is 0 Å². The first kappa shape index (κ1) is 18.9. The van der Waals surface area contributed by atoms with E-state index in [2.05, 4.69) is 10.4 Å². The van der Waals surface area contributed by atoms with Crippen molar-refractivity contribution in [1.82, 2.24) is 15.1 Å². The Labute approximate surface area is 147 Å². The van der Waals surface area contributed by atoms with Crippen LogP contribution in [0, 0.1) is 19.8 Å². The van der Waals surface area contributed by atoms with Gasteiger partial charge in [-0.05, 0) is 31.9 Å². The van der Waals surface area contributed by atoms with Gasteiger partial charge >= 0.3 is 0 Å². The smallest absolute Gasteiger partial charge is 0.292 e. The number of ketones is 1. The van der Waals surface area contributed by atoms with Crippen LogP contribution in [0.2, 0.25) is 0 Å². The second-order valence-corrected chi connectivity index (χ2v) is 6.29. The average Bonchev–Trinajstić information content (AvgIpc) is 2.93. The van der Waals surface area contributed by atoms with Gasteiger partial charge in [-0.25, -0.2) is 4.68 Å². The van der Waals surface area contributed by atoms with Crippen molar-refractivity contribution in [1.29, 1.82) is 0 Å². The maximum atomic E-state index is 12.5. The fourth-order valence-electron chi connectivity index (χ4n) is 2.66. The molecule has 0 bridgehead atoms. The lowest BCUT2D eigenvalue weighted by Crippen LogP contribution is -2.39. The molecule has 6 nitrogen and oxygen atoms in total. The lowest BCUT2D eigenvalue weighted by Gasteiger charge is -2.17. The summed E-state index contributed by atoms with van der Waals surface area (Å²) in [6.07, 6.45) is 0.128. The van der Waals surface area contributed by atoms with Gasteiger partial charge in [0.05, 0.1) is 28.7 Å². The van der Waals surface area contributed by atoms with E-state index >= 15 is 0 Å². The van der Waals surface area contributed by atoms with Crippen LogP contribution in [0.3, 0.4) is 0 Å². The van der Waals surface area contributed by atoms with E-state index < -0.39 is 17.8 Å². The maximum absolute atomic E-state index is 12.5. The molecule has 6 heteroatoms. The van der Waals surface area contributed by atoms with E-state index in [-0.39, 0.29) is 12.5 Å². The topological polar surface area (TPSA) is 84.2 Å². The van der Waals surface area contributed by atoms with Gasteiger partial charge in [-0.1, -0.05) is 38.5 Å². The minimum atomic E-state index is -0.721. The third kappa shape index (κ3) is 4.14. The number of carbonyl (C=O) groups is 2. The molecule has 0 saturated heterocycles. The van der Waals surface area contributed by atoms with E-state index in [0.29, 0.717) is 17.0 Å². The molecule has 1 heterocycles. The predicted molar refractivity (Wildman–Crippen MR) is 95.8 cm³/mol. The molecule has 2 unspecified atom stereocenters. The summed E-state index contributed by atoms with van der Waals surface area (Å²) in [6.45, 7) is 7.40. The summed E-state index contributed by atoms with van der Waals surface area (Å²) in [6, 6.07) is 9.44. The van der Waals surface area contributed by atoms with E-state index in [1.807, 2.05) is 44.2 Å². The van der Waals surface area contributed by atoms with Gasteiger partial charge in [-0.2, -0.15) is 5.10 Å². The molecule has 0 radical (unpaired) electrons. The number of aromatic nitrogens is 2. The zero-order valence-corrected chi connectivity index (χ0v) is 15.1. The Morgan fingerprint density at radius 1 is 1.24 bits per heavy atom. The highest BCUT2D eigenvalue weighted by Crippen LogP contribution is 2.18. The van der Waals surface area contributed by atoms with Gasteiger partial charge in [0.2, 0.25) is 0 Å². The monoisotopic (exact) mass is 343 g/mol. The first-order valence-corrected chi connectivity index (χ1v) is 8.49. The zero-order chi connectivity index (χ0) is 18.6. The van der Waals surface area contributed by atoms with Crippen LogP contribution >= 0.6 is 0 Å². The standard InChI is InChI=1S/C19H25N3O3/c1-5-12(2)16(23)11-20-19(25)18(24)17-13(3)21-22(14(17)4)15-9-7-6-8-10-15/h6-10,12,16,23H,5,11H2,1-4H3,(H,20,25). The number of rotatable bonds is 7. The summed E-state index contributed by atoms with van der Waals surface area (Å²) in [4.78, 5) is 24.7. The Hall–Kier alpha value is -2.47. The number of aliphatic hydroxyl groups excluding tert-OH is 1. The Balaban J connectivity index is 2.17. The number of hydrogen-bond acceptors (Lipinski definition) is 4. The van der Waals surface area contributed by atoms with Crippen LogP contribution in [0.1, 0.15) is 42.0 Å². The molecule has 2 atom stereocenters. The van der Waals surface area contributed by atoms with Crippen molar-refractivity contribution in [2.75, 3.05) is 6.54 Å². The quantitative estimate of drug-likeness (QED) is 0.596. The van der Waals surface area contributed by atoms with Crippen LogP contribution in [0.4, 0.5) is 0 Å². The number of aliphatic hydroxyl groups is 1. The first-order chi connectivity index (χ1) is 11.9. The zero-order valence-electron chi connectivity index (χ0n) is 15.1. The molecule has 2 N–H and O–H groups in total. The number of nitrogens with zero attached hydrogens (tertiary/aromatic N) is 2. The van der Waals surface area contributed by atoms with Gasteiger partial charge in [0.1, 0.15) is 0 Å². The molecular formula is C19H25N3O3. The Bertz CT molecular complexity index is 753. The van der Waals surface area contributed by atoms with E-state index in [0.717, 1.165) is 12.1 Å². The van der Waals surface area contributed by atoms with Crippen LogP contribution in [-0.4, -0.2) is 39.2 Å². The third-order valence-electron chi connectivity index (χ3n) is 4.50. The van der Waals surface area contributed by atoms with Gasteiger partial charge in [0.15, 0.2) is 0 Å². The number of nitrogens with one attached hydrogen (secondary N) is 1. The summed E-state index contributed by atoms with van der Waals surface area (Å²) in [5, 5.41) is 16.8. The van der Waals surface area contributed by atoms with Crippen molar-refractivity contribution in [2.24, 2.45) is 5.92 Å². The lowest BCUT2D eigenvalue weighted by molar-refractivity contribution is -0.117. The minimum Gasteiger partial charge on any atom is -0.391 e. The Morgan fingerprint density at radius 2 is 1.88 bits per heavy atom. The molecule has 1 aromatic carbocycles. The van der Waals surface area contributed by atoms with Crippen LogP contribution in [0.5, 0.6) is 0 Å². The summed E-state index contributed by atoms with van der Waals surface area (Å²) < 4.78 is 1.66. The summed E-state index contributed by atoms with van der Waals surface area (Å²) in [7, 11) is 0. The number of carbonyl (C=O) groups excluding carboxylic acids is 2. The molecule has 2 rings (SSSR count). The van der Waals surface area contributed by atoms with Crippen molar-refractivity contribution in [3.05, 3.63) is 47.3 Å². The number of aryl methyl sites for hydroxylation is 1. The summed E-state index contributed by atoms with van der Waals surface area (Å²) >= 11 is 0. The molecule has 0 aliphatic heterocycles. The lowest BCUT2D eigenvalue weighted by atomic mass is 10.0. The van der Waals surface area contributed by atoms with Crippen molar-refractivity contribution in [3.63, 3.8) is 0 Å². The number of benzene rings is 1. The first-order valence-electron chi connectivity index (χ1n) is 8.49. The summed E-state index contributed by atoms with van der Waals surface area (Å²) in [5.74, 6) is -1.30. The Kier molecular flexibility index (Phi) is 6.09. The van der Waals surface area contributed by atoms with Crippen LogP contribution in [-0.2, 0) is 4.79 Å². The molecule has 134 valence electrons. The molecule has 0 aliphatic rings. The van der Waals surface area contributed by atoms with Crippen molar-refractivity contribution in [3.8, 4) is 5.69 Å². The van der Waals surface area contributed by atoms with Crippen molar-refractivity contribution < 1.29 is 14.7 Å². The molecule has 0 saturated carbocycles. The van der Waals surface area contributed by atoms with Crippen molar-refractivity contribution >= 4 is 11.7 Å². The number of Topliss-reactive ketones (excluding diaryl/α,β-unsaturated/α-hetero) is 1. The molecule has 0 spiro atoms. The molecule has 25 heavy (non-hydrogen) atoms. The van der Waals surface area contributed by atoms with Crippen LogP contribution in [0.15, 0.2) is 30.3 Å². The van der Waals surface area contributed by atoms with Crippen LogP contribution < -0.4 is 5.32 Å². The van der Waals surface area contributed by atoms with E-state index in [1.165, 1.54) is 0 Å². The third-order valence-corrected chi connectivity index (χ3v) is 4.50. The molecule has 0 fully saturated rings. The largest absolute Gasteiger partial charge is 0.391 e. The predicted octanol–water partition coefficient (Wildman–Crippen LogP) is 2.20. The molecule has 1 aromatic heterocycles. The molecule has 1 amide bonds. The molecule has 2 aromatic rings. The van der Waals surface area contributed by atoms with Gasteiger partial charge < -0.3 is 10.4 Å². The van der Waals surface area contributed by atoms with Gasteiger partial charge in [-0.15, -0.1) is 0 Å². The van der Waals surface area contributed by atoms with E-state index in [9.17, 15) is 14.7 Å². The van der Waals surface area contributed by atoms with Gasteiger partial charge in [0, 0.05) is 6.54 Å². The normalized spacial score (nSPS) is 13.3. The fourth-order valence-corrected chi connectivity index (χ4v) is 2.66. The number of para-hydroxylation sites is 1. The second-order valence-electron chi connectivity index (χ2n) is 6.29. The highest BCUT2D eigenvalue weighted by Gasteiger charge is 2.25. The summed E-state index contributed by atoms with van der Waals surface area (Å²) in [5.41, 5.74) is 2.25. The van der Waals surface area contributed by atoms with E-state index in [1.54, 1.807) is 18.5 Å². The highest BCUT2D eigenvalue weighted by atomic mass is 16.3. The number of hydrogen-bond donors (Lipinski definition) is 2.